The first-order valence-electron chi connectivity index (χ1n) is 8.79. The maximum Gasteiger partial charge on any atom is 0.306 e. The van der Waals surface area contributed by atoms with E-state index in [0.29, 0.717) is 35.1 Å². The van der Waals surface area contributed by atoms with Crippen molar-refractivity contribution in [1.82, 2.24) is 0 Å². The Morgan fingerprint density at radius 1 is 1.25 bits per heavy atom. The van der Waals surface area contributed by atoms with E-state index in [1.807, 2.05) is 13.0 Å². The molecular formula is C21H21ClN2O4. The zero-order chi connectivity index (χ0) is 20.5. The summed E-state index contributed by atoms with van der Waals surface area (Å²) in [5.41, 5.74) is 1.63. The normalized spacial score (nSPS) is 11.2. The molecule has 7 heteroatoms. The topological polar surface area (TPSA) is 88.4 Å². The second-order valence-corrected chi connectivity index (χ2v) is 6.58. The molecule has 0 fully saturated rings. The average Bonchev–Trinajstić information content (AvgIpc) is 2.67. The molecule has 0 saturated heterocycles. The van der Waals surface area contributed by atoms with Gasteiger partial charge in [-0.3, -0.25) is 9.59 Å². The van der Waals surface area contributed by atoms with Crippen molar-refractivity contribution in [2.45, 2.75) is 32.8 Å². The van der Waals surface area contributed by atoms with Crippen LogP contribution in [0, 0.1) is 18.3 Å². The molecule has 0 aliphatic rings. The van der Waals surface area contributed by atoms with Crippen LogP contribution in [0.25, 0.3) is 0 Å². The van der Waals surface area contributed by atoms with E-state index >= 15 is 0 Å². The molecule has 1 N–H and O–H groups in total. The fourth-order valence-corrected chi connectivity index (χ4v) is 2.63. The van der Waals surface area contributed by atoms with Crippen LogP contribution in [-0.2, 0) is 14.3 Å². The number of amides is 1. The number of rotatable bonds is 8. The van der Waals surface area contributed by atoms with Gasteiger partial charge in [-0.05, 0) is 56.2 Å². The molecule has 1 amide bonds. The molecular weight excluding hydrogens is 380 g/mol. The summed E-state index contributed by atoms with van der Waals surface area (Å²) in [5, 5.41) is 12.3. The number of carbonyl (C=O) groups is 2. The van der Waals surface area contributed by atoms with Gasteiger partial charge in [-0.15, -0.1) is 0 Å². The van der Waals surface area contributed by atoms with Crippen LogP contribution in [0.2, 0.25) is 5.02 Å². The van der Waals surface area contributed by atoms with Crippen LogP contribution in [-0.4, -0.2) is 24.6 Å². The van der Waals surface area contributed by atoms with E-state index in [0.717, 1.165) is 5.56 Å². The largest absolute Gasteiger partial charge is 0.493 e. The molecule has 0 aliphatic heterocycles. The van der Waals surface area contributed by atoms with Gasteiger partial charge in [0.25, 0.3) is 5.91 Å². The highest BCUT2D eigenvalue weighted by molar-refractivity contribution is 6.30. The third kappa shape index (κ3) is 6.29. The SMILES string of the molecule is Cc1cc(Cl)ccc1OCCCC(=O)O[C@@H](C)C(=O)Nc1ccccc1C#N. The van der Waals surface area contributed by atoms with E-state index in [-0.39, 0.29) is 6.42 Å². The number of hydrogen-bond donors (Lipinski definition) is 1. The monoisotopic (exact) mass is 400 g/mol. The third-order valence-corrected chi connectivity index (χ3v) is 4.14. The van der Waals surface area contributed by atoms with Crippen LogP contribution in [0.5, 0.6) is 5.75 Å². The molecule has 28 heavy (non-hydrogen) atoms. The Hall–Kier alpha value is -3.04. The number of nitrogens with one attached hydrogen (secondary N) is 1. The van der Waals surface area contributed by atoms with Gasteiger partial charge in [0.2, 0.25) is 0 Å². The van der Waals surface area contributed by atoms with E-state index in [9.17, 15) is 9.59 Å². The van der Waals surface area contributed by atoms with Gasteiger partial charge >= 0.3 is 5.97 Å². The number of nitrogens with zero attached hydrogens (tertiary/aromatic N) is 1. The van der Waals surface area contributed by atoms with Crippen molar-refractivity contribution in [2.75, 3.05) is 11.9 Å². The fourth-order valence-electron chi connectivity index (χ4n) is 2.41. The van der Waals surface area contributed by atoms with E-state index in [2.05, 4.69) is 5.32 Å². The second kappa shape index (κ2) is 10.3. The van der Waals surface area contributed by atoms with Crippen LogP contribution in [0.4, 0.5) is 5.69 Å². The van der Waals surface area contributed by atoms with Gasteiger partial charge in [0.05, 0.1) is 17.9 Å². The number of para-hydroxylation sites is 1. The Kier molecular flexibility index (Phi) is 7.85. The minimum atomic E-state index is -0.973. The maximum atomic E-state index is 12.2. The molecule has 0 aliphatic carbocycles. The van der Waals surface area contributed by atoms with Crippen molar-refractivity contribution in [2.24, 2.45) is 0 Å². The Balaban J connectivity index is 1.74. The Labute approximate surface area is 169 Å². The first kappa shape index (κ1) is 21.3. The van der Waals surface area contributed by atoms with Gasteiger partial charge < -0.3 is 14.8 Å². The standard InChI is InChI=1S/C21H21ClN2O4/c1-14-12-17(22)9-10-19(14)27-11-5-8-20(25)28-15(2)21(26)24-18-7-4-3-6-16(18)13-23/h3-4,6-7,9-10,12,15H,5,8,11H2,1-2H3,(H,24,26)/t15-/m0/s1. The highest BCUT2D eigenvalue weighted by Gasteiger charge is 2.18. The van der Waals surface area contributed by atoms with Crippen molar-refractivity contribution in [3.05, 3.63) is 58.6 Å². The minimum Gasteiger partial charge on any atom is -0.493 e. The molecule has 146 valence electrons. The number of carbonyl (C=O) groups excluding carboxylic acids is 2. The molecule has 0 bridgehead atoms. The summed E-state index contributed by atoms with van der Waals surface area (Å²) in [4.78, 5) is 24.1. The number of anilines is 1. The number of hydrogen-bond acceptors (Lipinski definition) is 5. The minimum absolute atomic E-state index is 0.124. The lowest BCUT2D eigenvalue weighted by atomic mass is 10.2. The molecule has 0 unspecified atom stereocenters. The molecule has 0 spiro atoms. The number of halogens is 1. The summed E-state index contributed by atoms with van der Waals surface area (Å²) in [6, 6.07) is 13.9. The zero-order valence-electron chi connectivity index (χ0n) is 15.7. The smallest absolute Gasteiger partial charge is 0.306 e. The van der Waals surface area contributed by atoms with Crippen molar-refractivity contribution >= 4 is 29.2 Å². The summed E-state index contributed by atoms with van der Waals surface area (Å²) >= 11 is 5.90. The van der Waals surface area contributed by atoms with Crippen LogP contribution in [0.3, 0.4) is 0 Å². The van der Waals surface area contributed by atoms with E-state index in [4.69, 9.17) is 26.3 Å². The fraction of sp³-hybridized carbons (Fsp3) is 0.286. The van der Waals surface area contributed by atoms with Crippen LogP contribution in [0.1, 0.15) is 30.9 Å². The van der Waals surface area contributed by atoms with Crippen LogP contribution >= 0.6 is 11.6 Å². The Morgan fingerprint density at radius 3 is 2.71 bits per heavy atom. The molecule has 0 aromatic heterocycles. The Morgan fingerprint density at radius 2 is 2.00 bits per heavy atom. The average molecular weight is 401 g/mol. The molecule has 1 atom stereocenters. The predicted molar refractivity (Wildman–Crippen MR) is 106 cm³/mol. The van der Waals surface area contributed by atoms with Gasteiger partial charge in [-0.1, -0.05) is 23.7 Å². The molecule has 0 heterocycles. The summed E-state index contributed by atoms with van der Waals surface area (Å²) in [5.74, 6) is -0.279. The predicted octanol–water partition coefficient (Wildman–Crippen LogP) is 4.25. The summed E-state index contributed by atoms with van der Waals surface area (Å²) < 4.78 is 10.8. The van der Waals surface area contributed by atoms with Gasteiger partial charge in [-0.2, -0.15) is 5.26 Å². The lowest BCUT2D eigenvalue weighted by molar-refractivity contribution is -0.153. The number of nitriles is 1. The van der Waals surface area contributed by atoms with Gasteiger partial charge in [0, 0.05) is 11.4 Å². The highest BCUT2D eigenvalue weighted by Crippen LogP contribution is 2.22. The molecule has 0 radical (unpaired) electrons. The van der Waals surface area contributed by atoms with Crippen molar-refractivity contribution in [3.63, 3.8) is 0 Å². The summed E-state index contributed by atoms with van der Waals surface area (Å²) in [7, 11) is 0. The van der Waals surface area contributed by atoms with Crippen molar-refractivity contribution in [1.29, 1.82) is 5.26 Å². The van der Waals surface area contributed by atoms with Crippen molar-refractivity contribution < 1.29 is 19.1 Å². The zero-order valence-corrected chi connectivity index (χ0v) is 16.5. The number of esters is 1. The number of benzene rings is 2. The maximum absolute atomic E-state index is 12.2. The Bertz CT molecular complexity index is 892. The van der Waals surface area contributed by atoms with Gasteiger partial charge in [-0.25, -0.2) is 0 Å². The number of ether oxygens (including phenoxy) is 2. The van der Waals surface area contributed by atoms with Gasteiger partial charge in [0.1, 0.15) is 11.8 Å². The quantitative estimate of drug-likeness (QED) is 0.528. The van der Waals surface area contributed by atoms with Crippen LogP contribution in [0.15, 0.2) is 42.5 Å². The van der Waals surface area contributed by atoms with Gasteiger partial charge in [0.15, 0.2) is 6.10 Å². The molecule has 0 saturated carbocycles. The van der Waals surface area contributed by atoms with Crippen LogP contribution < -0.4 is 10.1 Å². The first-order chi connectivity index (χ1) is 13.4. The second-order valence-electron chi connectivity index (χ2n) is 6.14. The molecule has 6 nitrogen and oxygen atoms in total. The van der Waals surface area contributed by atoms with E-state index < -0.39 is 18.0 Å². The highest BCUT2D eigenvalue weighted by atomic mass is 35.5. The third-order valence-electron chi connectivity index (χ3n) is 3.90. The van der Waals surface area contributed by atoms with E-state index in [1.165, 1.54) is 6.92 Å². The van der Waals surface area contributed by atoms with Crippen molar-refractivity contribution in [3.8, 4) is 11.8 Å². The molecule has 2 aromatic rings. The first-order valence-corrected chi connectivity index (χ1v) is 9.17. The summed E-state index contributed by atoms with van der Waals surface area (Å²) in [6.07, 6.45) is -0.399. The lowest BCUT2D eigenvalue weighted by Crippen LogP contribution is -2.30. The van der Waals surface area contributed by atoms with E-state index in [1.54, 1.807) is 42.5 Å². The summed E-state index contributed by atoms with van der Waals surface area (Å²) in [6.45, 7) is 3.71. The lowest BCUT2D eigenvalue weighted by Gasteiger charge is -2.14. The molecule has 2 rings (SSSR count). The molecule has 2 aromatic carbocycles. The number of aryl methyl sites for hydroxylation is 1.